The molecule has 0 bridgehead atoms. The number of amides is 1. The Labute approximate surface area is 215 Å². The van der Waals surface area contributed by atoms with Gasteiger partial charge in [0, 0.05) is 6.21 Å². The second kappa shape index (κ2) is 12.1. The van der Waals surface area contributed by atoms with Crippen LogP contribution >= 0.6 is 0 Å². The topological polar surface area (TPSA) is 151 Å². The predicted molar refractivity (Wildman–Crippen MR) is 137 cm³/mol. The minimum Gasteiger partial charge on any atom is -0.438 e. The van der Waals surface area contributed by atoms with Crippen LogP contribution in [0.4, 0.5) is 0 Å². The van der Waals surface area contributed by atoms with Crippen LogP contribution in [0.2, 0.25) is 0 Å². The van der Waals surface area contributed by atoms with Crippen molar-refractivity contribution >= 4 is 29.3 Å². The van der Waals surface area contributed by atoms with Gasteiger partial charge in [0.15, 0.2) is 5.03 Å². The van der Waals surface area contributed by atoms with E-state index in [2.05, 4.69) is 19.7 Å². The number of rotatable bonds is 12. The molecule has 1 unspecified atom stereocenters. The summed E-state index contributed by atoms with van der Waals surface area (Å²) in [6.07, 6.45) is 5.80. The molecule has 1 amide bonds. The first-order chi connectivity index (χ1) is 17.8. The first kappa shape index (κ1) is 26.5. The van der Waals surface area contributed by atoms with Crippen LogP contribution in [0.3, 0.4) is 0 Å². The Bertz CT molecular complexity index is 1300. The number of carbonyl (C=O) groups excluding carboxylic acids is 1. The Hall–Kier alpha value is -3.61. The Morgan fingerprint density at radius 1 is 1.08 bits per heavy atom. The van der Waals surface area contributed by atoms with Crippen LogP contribution in [0.5, 0.6) is 11.6 Å². The molecule has 1 saturated carbocycles. The van der Waals surface area contributed by atoms with Gasteiger partial charge in [0.2, 0.25) is 11.8 Å². The van der Waals surface area contributed by atoms with Crippen molar-refractivity contribution in [3.63, 3.8) is 0 Å². The number of nitrogens with zero attached hydrogens (tertiary/aromatic N) is 3. The Balaban J connectivity index is 1.49. The van der Waals surface area contributed by atoms with Gasteiger partial charge in [-0.05, 0) is 36.5 Å². The van der Waals surface area contributed by atoms with Gasteiger partial charge >= 0.3 is 17.1 Å². The molecular weight excluding hydrogens is 495 g/mol. The van der Waals surface area contributed by atoms with Crippen LogP contribution in [-0.4, -0.2) is 53.6 Å². The lowest BCUT2D eigenvalue weighted by Crippen LogP contribution is -2.49. The van der Waals surface area contributed by atoms with Gasteiger partial charge < -0.3 is 20.1 Å². The number of benzene rings is 2. The van der Waals surface area contributed by atoms with E-state index in [1.807, 2.05) is 24.3 Å². The third-order valence-corrected chi connectivity index (χ3v) is 6.96. The van der Waals surface area contributed by atoms with Crippen molar-refractivity contribution in [3.05, 3.63) is 78.6 Å². The zero-order valence-corrected chi connectivity index (χ0v) is 20.7. The zero-order chi connectivity index (χ0) is 26.3. The van der Waals surface area contributed by atoms with Crippen molar-refractivity contribution < 1.29 is 28.0 Å². The van der Waals surface area contributed by atoms with Gasteiger partial charge in [-0.2, -0.15) is 12.8 Å². The highest BCUT2D eigenvalue weighted by Crippen LogP contribution is 2.33. The van der Waals surface area contributed by atoms with E-state index in [0.29, 0.717) is 18.1 Å². The second-order valence-corrected chi connectivity index (χ2v) is 10.4. The molecule has 0 radical (unpaired) electrons. The van der Waals surface area contributed by atoms with E-state index >= 15 is 0 Å². The van der Waals surface area contributed by atoms with E-state index in [9.17, 15) is 23.3 Å². The number of para-hydroxylation sites is 1. The SMILES string of the molecule is O=C(N[C@@H](CC1CC1)B(O)O)C(/C=N/S(=O)(=O)c1cnc(Oc2ccccc2)cn1)Cc1ccccc1. The fourth-order valence-electron chi connectivity index (χ4n) is 3.65. The molecule has 12 heteroatoms. The minimum atomic E-state index is -4.26. The number of hydrogen-bond acceptors (Lipinski definition) is 8. The Morgan fingerprint density at radius 3 is 2.35 bits per heavy atom. The molecule has 3 aromatic rings. The number of sulfonamides is 1. The van der Waals surface area contributed by atoms with Crippen molar-refractivity contribution in [2.24, 2.45) is 16.2 Å². The summed E-state index contributed by atoms with van der Waals surface area (Å²) >= 11 is 0. The molecule has 1 aliphatic carbocycles. The third kappa shape index (κ3) is 7.94. The van der Waals surface area contributed by atoms with Crippen molar-refractivity contribution in [3.8, 4) is 11.6 Å². The van der Waals surface area contributed by atoms with Crippen LogP contribution in [-0.2, 0) is 21.2 Å². The largest absolute Gasteiger partial charge is 0.475 e. The van der Waals surface area contributed by atoms with Crippen molar-refractivity contribution in [2.45, 2.75) is 36.7 Å². The maximum Gasteiger partial charge on any atom is 0.475 e. The van der Waals surface area contributed by atoms with Crippen molar-refractivity contribution in [2.75, 3.05) is 0 Å². The molecule has 1 aliphatic rings. The average Bonchev–Trinajstić information content (AvgIpc) is 3.72. The van der Waals surface area contributed by atoms with Gasteiger partial charge in [-0.25, -0.2) is 9.97 Å². The van der Waals surface area contributed by atoms with Gasteiger partial charge in [0.1, 0.15) is 5.75 Å². The van der Waals surface area contributed by atoms with Crippen LogP contribution in [0.25, 0.3) is 0 Å². The number of carbonyl (C=O) groups is 1. The highest BCUT2D eigenvalue weighted by molar-refractivity contribution is 7.90. The summed E-state index contributed by atoms with van der Waals surface area (Å²) in [4.78, 5) is 21.0. The minimum absolute atomic E-state index is 0.111. The fourth-order valence-corrected chi connectivity index (χ4v) is 4.43. The van der Waals surface area contributed by atoms with Crippen molar-refractivity contribution in [1.82, 2.24) is 15.3 Å². The Morgan fingerprint density at radius 2 is 1.76 bits per heavy atom. The lowest BCUT2D eigenvalue weighted by molar-refractivity contribution is -0.123. The summed E-state index contributed by atoms with van der Waals surface area (Å²) in [5.74, 6) is -1.43. The lowest BCUT2D eigenvalue weighted by Gasteiger charge is -2.20. The molecule has 4 rings (SSSR count). The van der Waals surface area contributed by atoms with Crippen LogP contribution < -0.4 is 10.1 Å². The number of nitrogens with one attached hydrogen (secondary N) is 1. The molecule has 2 aromatic carbocycles. The second-order valence-electron chi connectivity index (χ2n) is 8.84. The molecule has 10 nitrogen and oxygen atoms in total. The summed E-state index contributed by atoms with van der Waals surface area (Å²) in [6.45, 7) is 0. The molecule has 1 fully saturated rings. The Kier molecular flexibility index (Phi) is 8.64. The maximum atomic E-state index is 13.1. The number of hydrogen-bond donors (Lipinski definition) is 3. The number of aromatic nitrogens is 2. The molecular formula is C25H27BN4O6S. The van der Waals surface area contributed by atoms with E-state index in [0.717, 1.165) is 30.8 Å². The highest BCUT2D eigenvalue weighted by atomic mass is 32.2. The standard InChI is InChI=1S/C25H27BN4O6S/c31-25(30-22(26(32)33)14-19-11-12-19)20(13-18-7-3-1-4-8-18)15-29-37(34,35)24-17-27-23(16-28-24)36-21-9-5-2-6-10-21/h1-10,15-17,19-20,22,32-33H,11-14H2,(H,30,31)/b29-15+/t20?,22-/m0/s1. The third-order valence-electron chi connectivity index (χ3n) is 5.82. The summed E-state index contributed by atoms with van der Waals surface area (Å²) in [6, 6.07) is 17.9. The fraction of sp³-hybridized carbons (Fsp3) is 0.280. The van der Waals surface area contributed by atoms with Crippen molar-refractivity contribution in [1.29, 1.82) is 0 Å². The monoisotopic (exact) mass is 522 g/mol. The van der Waals surface area contributed by atoms with Crippen LogP contribution in [0.1, 0.15) is 24.8 Å². The molecule has 192 valence electrons. The molecule has 1 heterocycles. The summed E-state index contributed by atoms with van der Waals surface area (Å²) in [7, 11) is -5.99. The molecule has 0 aliphatic heterocycles. The maximum absolute atomic E-state index is 13.1. The molecule has 1 aromatic heterocycles. The molecule has 0 saturated heterocycles. The highest BCUT2D eigenvalue weighted by Gasteiger charge is 2.34. The molecule has 3 N–H and O–H groups in total. The first-order valence-corrected chi connectivity index (χ1v) is 13.3. The van der Waals surface area contributed by atoms with E-state index < -0.39 is 39.9 Å². The summed E-state index contributed by atoms with van der Waals surface area (Å²) < 4.78 is 34.9. The van der Waals surface area contributed by atoms with Crippen LogP contribution in [0, 0.1) is 11.8 Å². The van der Waals surface area contributed by atoms with E-state index in [-0.39, 0.29) is 12.3 Å². The van der Waals surface area contributed by atoms with E-state index in [4.69, 9.17) is 4.74 Å². The number of ether oxygens (including phenoxy) is 1. The van der Waals surface area contributed by atoms with Gasteiger partial charge in [-0.1, -0.05) is 61.4 Å². The van der Waals surface area contributed by atoms with Gasteiger partial charge in [0.05, 0.1) is 24.3 Å². The van der Waals surface area contributed by atoms with E-state index in [1.165, 1.54) is 6.20 Å². The zero-order valence-electron chi connectivity index (χ0n) is 19.9. The summed E-state index contributed by atoms with van der Waals surface area (Å²) in [5, 5.41) is 21.7. The predicted octanol–water partition coefficient (Wildman–Crippen LogP) is 2.18. The lowest BCUT2D eigenvalue weighted by atomic mass is 9.76. The van der Waals surface area contributed by atoms with Gasteiger partial charge in [-0.15, -0.1) is 0 Å². The average molecular weight is 522 g/mol. The molecule has 2 atom stereocenters. The smallest absolute Gasteiger partial charge is 0.438 e. The van der Waals surface area contributed by atoms with Crippen LogP contribution in [0.15, 0.2) is 82.5 Å². The molecule has 37 heavy (non-hydrogen) atoms. The van der Waals surface area contributed by atoms with Gasteiger partial charge in [-0.3, -0.25) is 4.79 Å². The van der Waals surface area contributed by atoms with E-state index in [1.54, 1.807) is 36.4 Å². The quantitative estimate of drug-likeness (QED) is 0.242. The molecule has 0 spiro atoms. The first-order valence-electron chi connectivity index (χ1n) is 11.9. The normalized spacial score (nSPS) is 15.2. The summed E-state index contributed by atoms with van der Waals surface area (Å²) in [5.41, 5.74) is 0.789. The van der Waals surface area contributed by atoms with Gasteiger partial charge in [0.25, 0.3) is 0 Å².